The van der Waals surface area contributed by atoms with Crippen molar-refractivity contribution in [3.63, 3.8) is 0 Å². The maximum Gasteiger partial charge on any atom is 0.223 e. The lowest BCUT2D eigenvalue weighted by Gasteiger charge is -2.29. The Labute approximate surface area is 191 Å². The summed E-state index contributed by atoms with van der Waals surface area (Å²) in [5.41, 5.74) is 8.78. The molecule has 2 aliphatic carbocycles. The minimum Gasteiger partial charge on any atom is -0.369 e. The molecule has 2 aliphatic heterocycles. The smallest absolute Gasteiger partial charge is 0.223 e. The second-order valence-corrected chi connectivity index (χ2v) is 8.76. The quantitative estimate of drug-likeness (QED) is 0.536. The number of aliphatic imine (C=N–C) groups is 3. The van der Waals surface area contributed by atoms with Gasteiger partial charge in [-0.2, -0.15) is 0 Å². The van der Waals surface area contributed by atoms with Crippen molar-refractivity contribution in [2.24, 2.45) is 38.5 Å². The first kappa shape index (κ1) is 19.7. The Morgan fingerprint density at radius 2 is 1.97 bits per heavy atom. The first-order valence-electron chi connectivity index (χ1n) is 11.1. The van der Waals surface area contributed by atoms with Crippen LogP contribution in [-0.4, -0.2) is 47.3 Å². The monoisotopic (exact) mass is 440 g/mol. The number of amidine groups is 1. The number of pyridine rings is 1. The molecule has 1 saturated carbocycles. The first-order valence-corrected chi connectivity index (χ1v) is 11.1. The molecule has 33 heavy (non-hydrogen) atoms. The van der Waals surface area contributed by atoms with Crippen LogP contribution in [0.4, 0.5) is 5.69 Å². The average molecular weight is 441 g/mol. The minimum absolute atomic E-state index is 0.169. The molecule has 2 aromatic rings. The van der Waals surface area contributed by atoms with Gasteiger partial charge < -0.3 is 21.7 Å². The van der Waals surface area contributed by atoms with Gasteiger partial charge in [-0.25, -0.2) is 9.98 Å². The van der Waals surface area contributed by atoms with Gasteiger partial charge in [0.25, 0.3) is 0 Å². The molecule has 3 heterocycles. The number of nitrogens with one attached hydrogen (secondary N) is 3. The Balaban J connectivity index is 1.27. The second-order valence-electron chi connectivity index (χ2n) is 8.76. The fourth-order valence-corrected chi connectivity index (χ4v) is 5.21. The SMILES string of the molecule is NC(=O)C1C2C=CC(C2)C1N=C1NC(Nc2cccc(-c3ccncc3)c2)=NC2N=CNC12. The predicted molar refractivity (Wildman–Crippen MR) is 128 cm³/mol. The van der Waals surface area contributed by atoms with Gasteiger partial charge in [-0.3, -0.25) is 14.8 Å². The fourth-order valence-electron chi connectivity index (χ4n) is 5.21. The van der Waals surface area contributed by atoms with Crippen molar-refractivity contribution in [2.45, 2.75) is 24.7 Å². The number of allylic oxidation sites excluding steroid dienone is 1. The summed E-state index contributed by atoms with van der Waals surface area (Å²) in [7, 11) is 0. The van der Waals surface area contributed by atoms with Gasteiger partial charge in [0.2, 0.25) is 11.9 Å². The van der Waals surface area contributed by atoms with E-state index in [-0.39, 0.29) is 41.9 Å². The number of hydrogen-bond donors (Lipinski definition) is 4. The fraction of sp³-hybridized carbons (Fsp3) is 0.292. The molecule has 0 spiro atoms. The number of amides is 1. The molecule has 2 bridgehead atoms. The summed E-state index contributed by atoms with van der Waals surface area (Å²) in [6, 6.07) is 11.7. The number of benzene rings is 1. The molecule has 9 heteroatoms. The molecule has 1 aromatic heterocycles. The third kappa shape index (κ3) is 3.55. The third-order valence-electron chi connectivity index (χ3n) is 6.76. The zero-order valence-corrected chi connectivity index (χ0v) is 17.8. The van der Waals surface area contributed by atoms with Gasteiger partial charge in [0.05, 0.1) is 18.3 Å². The van der Waals surface area contributed by atoms with Gasteiger partial charge in [-0.05, 0) is 47.7 Å². The lowest BCUT2D eigenvalue weighted by Crippen LogP contribution is -2.55. The lowest BCUT2D eigenvalue weighted by atomic mass is 9.88. The highest BCUT2D eigenvalue weighted by Crippen LogP contribution is 2.45. The standard InChI is InChI=1S/C24H24N8O/c25-21(33)18-15-4-5-16(10-15)19(18)30-23-20-22(28-12-27-20)31-24(32-23)29-17-3-1-2-14(11-17)13-6-8-26-9-7-13/h1-9,11-12,15-16,18-20,22H,10H2,(H2,25,33)(H,27,28)(H2,29,30,31,32). The highest BCUT2D eigenvalue weighted by molar-refractivity contribution is 6.11. The van der Waals surface area contributed by atoms with Gasteiger partial charge in [0.15, 0.2) is 6.17 Å². The lowest BCUT2D eigenvalue weighted by molar-refractivity contribution is -0.122. The molecule has 4 aliphatic rings. The number of fused-ring (bicyclic) bond motifs is 3. The highest BCUT2D eigenvalue weighted by Gasteiger charge is 2.48. The number of primary amides is 1. The van der Waals surface area contributed by atoms with Crippen LogP contribution >= 0.6 is 0 Å². The van der Waals surface area contributed by atoms with Crippen LogP contribution in [0.5, 0.6) is 0 Å². The topological polar surface area (TPSA) is 129 Å². The Hall–Kier alpha value is -4.01. The average Bonchev–Trinajstić information content (AvgIpc) is 3.56. The summed E-state index contributed by atoms with van der Waals surface area (Å²) >= 11 is 0. The summed E-state index contributed by atoms with van der Waals surface area (Å²) < 4.78 is 0. The summed E-state index contributed by atoms with van der Waals surface area (Å²) in [6.07, 6.45) is 10.1. The van der Waals surface area contributed by atoms with Crippen LogP contribution in [0, 0.1) is 17.8 Å². The molecule has 0 saturated heterocycles. The zero-order valence-electron chi connectivity index (χ0n) is 17.8. The van der Waals surface area contributed by atoms with E-state index in [1.54, 1.807) is 18.7 Å². The molecular weight excluding hydrogens is 416 g/mol. The van der Waals surface area contributed by atoms with E-state index in [1.165, 1.54) is 0 Å². The predicted octanol–water partition coefficient (Wildman–Crippen LogP) is 1.52. The first-order chi connectivity index (χ1) is 16.2. The van der Waals surface area contributed by atoms with Crippen molar-refractivity contribution >= 4 is 29.7 Å². The van der Waals surface area contributed by atoms with E-state index in [0.717, 1.165) is 29.1 Å². The Morgan fingerprint density at radius 3 is 2.82 bits per heavy atom. The normalized spacial score (nSPS) is 32.2. The number of guanidine groups is 1. The largest absolute Gasteiger partial charge is 0.369 e. The van der Waals surface area contributed by atoms with E-state index < -0.39 is 0 Å². The molecule has 5 N–H and O–H groups in total. The van der Waals surface area contributed by atoms with Crippen molar-refractivity contribution in [3.05, 3.63) is 60.9 Å². The van der Waals surface area contributed by atoms with Crippen molar-refractivity contribution in [1.29, 1.82) is 0 Å². The van der Waals surface area contributed by atoms with Crippen LogP contribution in [0.1, 0.15) is 6.42 Å². The summed E-state index contributed by atoms with van der Waals surface area (Å²) in [5, 5.41) is 9.93. The van der Waals surface area contributed by atoms with Gasteiger partial charge in [-0.15, -0.1) is 0 Å². The highest BCUT2D eigenvalue weighted by atomic mass is 16.1. The van der Waals surface area contributed by atoms with Crippen molar-refractivity contribution in [2.75, 3.05) is 5.32 Å². The third-order valence-corrected chi connectivity index (χ3v) is 6.76. The Kier molecular flexibility index (Phi) is 4.67. The summed E-state index contributed by atoms with van der Waals surface area (Å²) in [6.45, 7) is 0. The molecule has 6 atom stereocenters. The summed E-state index contributed by atoms with van der Waals surface area (Å²) in [4.78, 5) is 30.4. The van der Waals surface area contributed by atoms with Gasteiger partial charge >= 0.3 is 0 Å². The van der Waals surface area contributed by atoms with Gasteiger partial charge in [0.1, 0.15) is 11.9 Å². The van der Waals surface area contributed by atoms with Crippen molar-refractivity contribution in [1.82, 2.24) is 15.6 Å². The molecule has 6 rings (SSSR count). The Morgan fingerprint density at radius 1 is 1.12 bits per heavy atom. The molecule has 1 amide bonds. The van der Waals surface area contributed by atoms with Gasteiger partial charge in [-0.1, -0.05) is 24.3 Å². The van der Waals surface area contributed by atoms with Crippen LogP contribution in [0.15, 0.2) is 75.9 Å². The van der Waals surface area contributed by atoms with Crippen molar-refractivity contribution in [3.8, 4) is 11.1 Å². The maximum absolute atomic E-state index is 12.1. The minimum atomic E-state index is -0.322. The number of aromatic nitrogens is 1. The number of carbonyl (C=O) groups excluding carboxylic acids is 1. The second kappa shape index (κ2) is 7.84. The molecule has 0 radical (unpaired) electrons. The van der Waals surface area contributed by atoms with Crippen LogP contribution in [-0.2, 0) is 4.79 Å². The zero-order chi connectivity index (χ0) is 22.4. The number of nitrogens with zero attached hydrogens (tertiary/aromatic N) is 4. The molecule has 1 fully saturated rings. The van der Waals surface area contributed by atoms with Crippen molar-refractivity contribution < 1.29 is 4.79 Å². The van der Waals surface area contributed by atoms with E-state index in [0.29, 0.717) is 5.96 Å². The van der Waals surface area contributed by atoms with Crippen LogP contribution < -0.4 is 21.7 Å². The number of hydrogen-bond acceptors (Lipinski definition) is 7. The number of carbonyl (C=O) groups is 1. The number of anilines is 1. The van der Waals surface area contributed by atoms with Gasteiger partial charge in [0, 0.05) is 24.0 Å². The summed E-state index contributed by atoms with van der Waals surface area (Å²) in [5.74, 6) is 1.13. The van der Waals surface area contributed by atoms with Crippen LogP contribution in [0.25, 0.3) is 11.1 Å². The number of rotatable bonds is 4. The molecular formula is C24H24N8O. The van der Waals surface area contributed by atoms with E-state index >= 15 is 0 Å². The van der Waals surface area contributed by atoms with E-state index in [1.807, 2.05) is 24.3 Å². The van der Waals surface area contributed by atoms with E-state index in [2.05, 4.69) is 50.2 Å². The molecule has 6 unspecified atom stereocenters. The molecule has 166 valence electrons. The van der Waals surface area contributed by atoms with Crippen LogP contribution in [0.2, 0.25) is 0 Å². The maximum atomic E-state index is 12.1. The van der Waals surface area contributed by atoms with Crippen LogP contribution in [0.3, 0.4) is 0 Å². The van der Waals surface area contributed by atoms with E-state index in [9.17, 15) is 4.79 Å². The Bertz CT molecular complexity index is 1200. The number of nitrogens with two attached hydrogens (primary N) is 1. The van der Waals surface area contributed by atoms with E-state index in [4.69, 9.17) is 15.7 Å². The molecule has 1 aromatic carbocycles. The molecule has 9 nitrogen and oxygen atoms in total.